The predicted octanol–water partition coefficient (Wildman–Crippen LogP) is 4.62. The van der Waals surface area contributed by atoms with Crippen LogP contribution in [0.5, 0.6) is 11.5 Å². The molecule has 1 N–H and O–H groups in total. The Morgan fingerprint density at radius 1 is 1.00 bits per heavy atom. The lowest BCUT2D eigenvalue weighted by Gasteiger charge is -2.13. The molecule has 0 radical (unpaired) electrons. The molecule has 0 unspecified atom stereocenters. The first-order chi connectivity index (χ1) is 8.58. The number of aromatic hydroxyl groups is 1. The quantitative estimate of drug-likeness (QED) is 0.729. The summed E-state index contributed by atoms with van der Waals surface area (Å²) in [5, 5.41) is 9.16. The summed E-state index contributed by atoms with van der Waals surface area (Å²) in [6, 6.07) is 6.92. The number of phenols is 1. The molecule has 0 saturated carbocycles. The molecule has 1 atom stereocenters. The van der Waals surface area contributed by atoms with Crippen LogP contribution in [0.1, 0.15) is 46.5 Å². The smallest absolute Gasteiger partial charge is 0.119 e. The van der Waals surface area contributed by atoms with Gasteiger partial charge < -0.3 is 9.84 Å². The lowest BCUT2D eigenvalue weighted by molar-refractivity contribution is 0.275. The van der Waals surface area contributed by atoms with Gasteiger partial charge in [-0.2, -0.15) is 0 Å². The van der Waals surface area contributed by atoms with Crippen molar-refractivity contribution in [3.8, 4) is 11.5 Å². The summed E-state index contributed by atoms with van der Waals surface area (Å²) in [7, 11) is 0. The monoisotopic (exact) mass is 250 g/mol. The average Bonchev–Trinajstić information content (AvgIpc) is 2.31. The van der Waals surface area contributed by atoms with E-state index >= 15 is 0 Å². The Hall–Kier alpha value is -1.18. The molecule has 1 aromatic carbocycles. The molecule has 0 aliphatic rings. The van der Waals surface area contributed by atoms with Crippen molar-refractivity contribution in [1.82, 2.24) is 0 Å². The lowest BCUT2D eigenvalue weighted by Crippen LogP contribution is -2.04. The van der Waals surface area contributed by atoms with E-state index in [0.29, 0.717) is 0 Å². The van der Waals surface area contributed by atoms with E-state index < -0.39 is 0 Å². The maximum Gasteiger partial charge on any atom is 0.119 e. The van der Waals surface area contributed by atoms with E-state index in [-0.39, 0.29) is 5.75 Å². The van der Waals surface area contributed by atoms with Crippen molar-refractivity contribution in [2.75, 3.05) is 6.61 Å². The molecule has 0 aliphatic carbocycles. The molecule has 102 valence electrons. The average molecular weight is 250 g/mol. The molecular weight excluding hydrogens is 224 g/mol. The van der Waals surface area contributed by atoms with Gasteiger partial charge in [-0.1, -0.05) is 40.0 Å². The van der Waals surface area contributed by atoms with Crippen molar-refractivity contribution in [2.24, 2.45) is 11.8 Å². The van der Waals surface area contributed by atoms with Crippen LogP contribution >= 0.6 is 0 Å². The molecule has 0 aliphatic heterocycles. The highest BCUT2D eigenvalue weighted by molar-refractivity contribution is 5.29. The van der Waals surface area contributed by atoms with Crippen LogP contribution in [0.15, 0.2) is 24.3 Å². The van der Waals surface area contributed by atoms with Gasteiger partial charge in [0.1, 0.15) is 11.5 Å². The van der Waals surface area contributed by atoms with Crippen LogP contribution < -0.4 is 4.74 Å². The van der Waals surface area contributed by atoms with Crippen molar-refractivity contribution in [1.29, 1.82) is 0 Å². The fraction of sp³-hybridized carbons (Fsp3) is 0.625. The van der Waals surface area contributed by atoms with Crippen molar-refractivity contribution in [2.45, 2.75) is 46.5 Å². The minimum absolute atomic E-state index is 0.282. The Balaban J connectivity index is 2.11. The third kappa shape index (κ3) is 6.53. The van der Waals surface area contributed by atoms with E-state index in [1.54, 1.807) is 24.3 Å². The summed E-state index contributed by atoms with van der Waals surface area (Å²) < 4.78 is 5.65. The zero-order valence-electron chi connectivity index (χ0n) is 11.9. The number of ether oxygens (including phenoxy) is 1. The van der Waals surface area contributed by atoms with E-state index in [0.717, 1.165) is 30.6 Å². The van der Waals surface area contributed by atoms with Crippen molar-refractivity contribution < 1.29 is 9.84 Å². The van der Waals surface area contributed by atoms with Gasteiger partial charge in [0.2, 0.25) is 0 Å². The van der Waals surface area contributed by atoms with Crippen LogP contribution in [0, 0.1) is 11.8 Å². The third-order valence-corrected chi connectivity index (χ3v) is 3.19. The van der Waals surface area contributed by atoms with Crippen molar-refractivity contribution >= 4 is 0 Å². The molecule has 0 saturated heterocycles. The second-order valence-corrected chi connectivity index (χ2v) is 5.56. The molecular formula is C16H26O2. The molecule has 0 amide bonds. The summed E-state index contributed by atoms with van der Waals surface area (Å²) in [5.74, 6) is 2.65. The van der Waals surface area contributed by atoms with Gasteiger partial charge in [-0.05, 0) is 42.5 Å². The second-order valence-electron chi connectivity index (χ2n) is 5.56. The normalized spacial score (nSPS) is 12.7. The number of rotatable bonds is 8. The molecule has 2 nitrogen and oxygen atoms in total. The maximum absolute atomic E-state index is 9.16. The summed E-state index contributed by atoms with van der Waals surface area (Å²) in [4.78, 5) is 0. The van der Waals surface area contributed by atoms with E-state index in [4.69, 9.17) is 9.84 Å². The standard InChI is InChI=1S/C16H26O2/c1-13(2)5-4-6-14(3)11-12-18-16-9-7-15(17)8-10-16/h7-10,13-14,17H,4-6,11-12H2,1-3H3/t14-/m0/s1. The molecule has 0 aromatic heterocycles. The van der Waals surface area contributed by atoms with E-state index in [2.05, 4.69) is 20.8 Å². The zero-order valence-corrected chi connectivity index (χ0v) is 11.9. The van der Waals surface area contributed by atoms with Crippen LogP contribution in [-0.2, 0) is 0 Å². The minimum Gasteiger partial charge on any atom is -0.508 e. The van der Waals surface area contributed by atoms with E-state index in [1.807, 2.05) is 0 Å². The van der Waals surface area contributed by atoms with Gasteiger partial charge in [0.05, 0.1) is 6.61 Å². The van der Waals surface area contributed by atoms with Crippen LogP contribution in [0.2, 0.25) is 0 Å². The fourth-order valence-electron chi connectivity index (χ4n) is 1.94. The fourth-order valence-corrected chi connectivity index (χ4v) is 1.94. The molecule has 18 heavy (non-hydrogen) atoms. The highest BCUT2D eigenvalue weighted by Gasteiger charge is 2.04. The molecule has 1 rings (SSSR count). The topological polar surface area (TPSA) is 29.5 Å². The van der Waals surface area contributed by atoms with Gasteiger partial charge in [0.15, 0.2) is 0 Å². The molecule has 0 fully saturated rings. The highest BCUT2D eigenvalue weighted by Crippen LogP contribution is 2.18. The summed E-state index contributed by atoms with van der Waals surface area (Å²) in [6.07, 6.45) is 5.03. The summed E-state index contributed by atoms with van der Waals surface area (Å²) in [5.41, 5.74) is 0. The predicted molar refractivity (Wildman–Crippen MR) is 76.1 cm³/mol. The van der Waals surface area contributed by atoms with Gasteiger partial charge in [0, 0.05) is 0 Å². The number of hydrogen-bond acceptors (Lipinski definition) is 2. The van der Waals surface area contributed by atoms with Crippen LogP contribution in [-0.4, -0.2) is 11.7 Å². The van der Waals surface area contributed by atoms with Crippen molar-refractivity contribution in [3.63, 3.8) is 0 Å². The summed E-state index contributed by atoms with van der Waals surface area (Å²) in [6.45, 7) is 7.60. The molecule has 0 heterocycles. The first-order valence-corrected chi connectivity index (χ1v) is 6.99. The van der Waals surface area contributed by atoms with Gasteiger partial charge in [-0.15, -0.1) is 0 Å². The molecule has 0 spiro atoms. The largest absolute Gasteiger partial charge is 0.508 e. The first kappa shape index (κ1) is 14.9. The third-order valence-electron chi connectivity index (χ3n) is 3.19. The van der Waals surface area contributed by atoms with E-state index in [1.165, 1.54) is 19.3 Å². The molecule has 0 bridgehead atoms. The molecule has 1 aromatic rings. The second kappa shape index (κ2) is 8.02. The van der Waals surface area contributed by atoms with E-state index in [9.17, 15) is 0 Å². The van der Waals surface area contributed by atoms with Gasteiger partial charge in [-0.3, -0.25) is 0 Å². The number of benzene rings is 1. The van der Waals surface area contributed by atoms with Crippen LogP contribution in [0.3, 0.4) is 0 Å². The van der Waals surface area contributed by atoms with Gasteiger partial charge in [0.25, 0.3) is 0 Å². The Kier molecular flexibility index (Phi) is 6.63. The van der Waals surface area contributed by atoms with Gasteiger partial charge in [-0.25, -0.2) is 0 Å². The SMILES string of the molecule is CC(C)CCC[C@H](C)CCOc1ccc(O)cc1. The Morgan fingerprint density at radius 3 is 2.28 bits per heavy atom. The Morgan fingerprint density at radius 2 is 1.67 bits per heavy atom. The number of phenolic OH excluding ortho intramolecular Hbond substituents is 1. The van der Waals surface area contributed by atoms with Gasteiger partial charge >= 0.3 is 0 Å². The zero-order chi connectivity index (χ0) is 13.4. The van der Waals surface area contributed by atoms with Crippen LogP contribution in [0.25, 0.3) is 0 Å². The molecule has 2 heteroatoms. The number of hydrogen-bond donors (Lipinski definition) is 1. The lowest BCUT2D eigenvalue weighted by atomic mass is 9.98. The summed E-state index contributed by atoms with van der Waals surface area (Å²) >= 11 is 0. The van der Waals surface area contributed by atoms with Crippen molar-refractivity contribution in [3.05, 3.63) is 24.3 Å². The maximum atomic E-state index is 9.16. The Bertz CT molecular complexity index is 316. The Labute approximate surface area is 111 Å². The van der Waals surface area contributed by atoms with Crippen LogP contribution in [0.4, 0.5) is 0 Å². The highest BCUT2D eigenvalue weighted by atomic mass is 16.5. The first-order valence-electron chi connectivity index (χ1n) is 6.99. The minimum atomic E-state index is 0.282.